The summed E-state index contributed by atoms with van der Waals surface area (Å²) in [6, 6.07) is 0. The molecule has 4 atom stereocenters. The van der Waals surface area contributed by atoms with Gasteiger partial charge in [-0.05, 0) is 44.1 Å². The van der Waals surface area contributed by atoms with E-state index in [2.05, 4.69) is 6.92 Å². The fourth-order valence-electron chi connectivity index (χ4n) is 4.16. The number of hydrogen-bond donors (Lipinski definition) is 0. The Morgan fingerprint density at radius 3 is 2.83 bits per heavy atom. The van der Waals surface area contributed by atoms with Gasteiger partial charge in [-0.3, -0.25) is 0 Å². The molecule has 5 nitrogen and oxygen atoms in total. The average molecular weight is 316 g/mol. The van der Waals surface area contributed by atoms with Crippen molar-refractivity contribution in [2.75, 3.05) is 0 Å². The van der Waals surface area contributed by atoms with Crippen molar-refractivity contribution in [3.63, 3.8) is 0 Å². The smallest absolute Gasteiger partial charge is 0.338 e. The normalized spacial score (nSPS) is 37.5. The van der Waals surface area contributed by atoms with Crippen molar-refractivity contribution in [3.8, 4) is 0 Å². The van der Waals surface area contributed by atoms with Gasteiger partial charge < -0.3 is 14.2 Å². The molecule has 0 spiro atoms. The standard InChI is InChI=1S/C18H20O5/c1-9-4-3-5-11-7-12-13(18(20)23-16(12)15(9)11)8-21-14-6-10(2)17(19)22-14/h6,8-9,12,14,16H,3-5,7H2,1-2H3/b13-8+/t9-,12-,14+,16+/m0/s1. The predicted molar refractivity (Wildman–Crippen MR) is 80.8 cm³/mol. The summed E-state index contributed by atoms with van der Waals surface area (Å²) in [6.07, 6.45) is 6.55. The first-order valence-electron chi connectivity index (χ1n) is 8.22. The summed E-state index contributed by atoms with van der Waals surface area (Å²) in [6.45, 7) is 3.89. The lowest BCUT2D eigenvalue weighted by atomic mass is 9.84. The average Bonchev–Trinajstić information content (AvgIpc) is 3.10. The van der Waals surface area contributed by atoms with Gasteiger partial charge in [-0.2, -0.15) is 0 Å². The zero-order chi connectivity index (χ0) is 16.1. The molecular formula is C18H20O5. The van der Waals surface area contributed by atoms with Gasteiger partial charge in [-0.25, -0.2) is 9.59 Å². The molecule has 4 aliphatic rings. The first kappa shape index (κ1) is 14.5. The zero-order valence-electron chi connectivity index (χ0n) is 13.3. The van der Waals surface area contributed by atoms with Crippen molar-refractivity contribution in [1.82, 2.24) is 0 Å². The maximum absolute atomic E-state index is 12.2. The van der Waals surface area contributed by atoms with Crippen LogP contribution < -0.4 is 0 Å². The van der Waals surface area contributed by atoms with Gasteiger partial charge in [-0.15, -0.1) is 0 Å². The highest BCUT2D eigenvalue weighted by atomic mass is 16.7. The van der Waals surface area contributed by atoms with E-state index in [1.54, 1.807) is 13.0 Å². The third-order valence-corrected chi connectivity index (χ3v) is 5.32. The summed E-state index contributed by atoms with van der Waals surface area (Å²) in [7, 11) is 0. The molecule has 0 saturated carbocycles. The second kappa shape index (κ2) is 5.25. The molecule has 0 aromatic heterocycles. The number of carbonyl (C=O) groups is 2. The molecular weight excluding hydrogens is 296 g/mol. The molecule has 2 aliphatic heterocycles. The SMILES string of the molecule is CC1=C[C@H](O/C=C2/C(=O)O[C@H]3C4=C(CCC[C@@H]4C)C[C@@H]23)OC1=O. The van der Waals surface area contributed by atoms with Crippen LogP contribution in [0.1, 0.15) is 39.5 Å². The van der Waals surface area contributed by atoms with E-state index >= 15 is 0 Å². The lowest BCUT2D eigenvalue weighted by Crippen LogP contribution is -2.19. The molecule has 5 heteroatoms. The molecule has 2 aliphatic carbocycles. The largest absolute Gasteiger partial charge is 0.458 e. The zero-order valence-corrected chi connectivity index (χ0v) is 13.3. The van der Waals surface area contributed by atoms with Gasteiger partial charge in [0.05, 0.1) is 11.8 Å². The van der Waals surface area contributed by atoms with Crippen molar-refractivity contribution in [2.45, 2.75) is 51.9 Å². The molecule has 0 aromatic carbocycles. The van der Waals surface area contributed by atoms with Crippen molar-refractivity contribution >= 4 is 11.9 Å². The lowest BCUT2D eigenvalue weighted by Gasteiger charge is -2.24. The van der Waals surface area contributed by atoms with Gasteiger partial charge in [0.2, 0.25) is 0 Å². The van der Waals surface area contributed by atoms with Crippen LogP contribution in [-0.4, -0.2) is 24.3 Å². The summed E-state index contributed by atoms with van der Waals surface area (Å²) in [4.78, 5) is 23.5. The first-order valence-corrected chi connectivity index (χ1v) is 8.22. The molecule has 1 fully saturated rings. The molecule has 4 rings (SSSR count). The van der Waals surface area contributed by atoms with Crippen LogP contribution in [0.3, 0.4) is 0 Å². The van der Waals surface area contributed by atoms with Gasteiger partial charge in [0.1, 0.15) is 6.10 Å². The number of rotatable bonds is 2. The molecule has 0 radical (unpaired) electrons. The van der Waals surface area contributed by atoms with Crippen molar-refractivity contribution in [2.24, 2.45) is 11.8 Å². The number of cyclic esters (lactones) is 1. The summed E-state index contributed by atoms with van der Waals surface area (Å²) in [5.74, 6) is -0.153. The van der Waals surface area contributed by atoms with E-state index in [0.717, 1.165) is 19.3 Å². The Hall–Kier alpha value is -2.04. The van der Waals surface area contributed by atoms with E-state index in [9.17, 15) is 9.59 Å². The number of esters is 2. The van der Waals surface area contributed by atoms with Crippen LogP contribution >= 0.6 is 0 Å². The minimum absolute atomic E-state index is 0.0511. The number of hydrogen-bond acceptors (Lipinski definition) is 5. The Labute approximate surface area is 135 Å². The maximum atomic E-state index is 12.2. The van der Waals surface area contributed by atoms with Gasteiger partial charge in [0.25, 0.3) is 6.29 Å². The van der Waals surface area contributed by atoms with Crippen molar-refractivity contribution < 1.29 is 23.8 Å². The summed E-state index contributed by atoms with van der Waals surface area (Å²) in [5.41, 5.74) is 3.87. The number of ether oxygens (including phenoxy) is 3. The Kier molecular flexibility index (Phi) is 3.32. The quantitative estimate of drug-likeness (QED) is 0.339. The molecule has 1 saturated heterocycles. The molecule has 2 heterocycles. The third-order valence-electron chi connectivity index (χ3n) is 5.32. The molecule has 122 valence electrons. The fraction of sp³-hybridized carbons (Fsp3) is 0.556. The van der Waals surface area contributed by atoms with E-state index in [1.165, 1.54) is 23.8 Å². The number of carbonyl (C=O) groups excluding carboxylic acids is 2. The molecule has 0 aromatic rings. The highest BCUT2D eigenvalue weighted by Crippen LogP contribution is 2.50. The summed E-state index contributed by atoms with van der Waals surface area (Å²) < 4.78 is 16.1. The minimum atomic E-state index is -0.746. The van der Waals surface area contributed by atoms with Crippen LogP contribution in [0.2, 0.25) is 0 Å². The monoisotopic (exact) mass is 316 g/mol. The van der Waals surface area contributed by atoms with Crippen molar-refractivity contribution in [1.29, 1.82) is 0 Å². The Bertz CT molecular complexity index is 669. The van der Waals surface area contributed by atoms with Gasteiger partial charge in [0.15, 0.2) is 0 Å². The number of allylic oxidation sites excluding steroid dienone is 1. The Balaban J connectivity index is 1.52. The van der Waals surface area contributed by atoms with Gasteiger partial charge >= 0.3 is 11.9 Å². The van der Waals surface area contributed by atoms with Gasteiger partial charge in [-0.1, -0.05) is 12.5 Å². The van der Waals surface area contributed by atoms with Crippen LogP contribution in [-0.2, 0) is 23.8 Å². The fourth-order valence-corrected chi connectivity index (χ4v) is 4.16. The predicted octanol–water partition coefficient (Wildman–Crippen LogP) is 2.78. The van der Waals surface area contributed by atoms with Crippen molar-refractivity contribution in [3.05, 3.63) is 34.6 Å². The van der Waals surface area contributed by atoms with Crippen LogP contribution in [0, 0.1) is 11.8 Å². The Morgan fingerprint density at radius 2 is 2.09 bits per heavy atom. The van der Waals surface area contributed by atoms with E-state index in [0.29, 0.717) is 17.1 Å². The number of fused-ring (bicyclic) bond motifs is 2. The molecule has 0 unspecified atom stereocenters. The highest BCUT2D eigenvalue weighted by molar-refractivity contribution is 5.92. The summed E-state index contributed by atoms with van der Waals surface area (Å²) in [5, 5.41) is 0. The topological polar surface area (TPSA) is 61.8 Å². The van der Waals surface area contributed by atoms with Crippen LogP contribution in [0.15, 0.2) is 34.6 Å². The molecule has 0 N–H and O–H groups in total. The van der Waals surface area contributed by atoms with Crippen LogP contribution in [0.5, 0.6) is 0 Å². The van der Waals surface area contributed by atoms with E-state index < -0.39 is 6.29 Å². The highest BCUT2D eigenvalue weighted by Gasteiger charge is 2.49. The van der Waals surface area contributed by atoms with E-state index in [-0.39, 0.29) is 24.0 Å². The molecule has 23 heavy (non-hydrogen) atoms. The van der Waals surface area contributed by atoms with Crippen LogP contribution in [0.25, 0.3) is 0 Å². The molecule has 0 bridgehead atoms. The van der Waals surface area contributed by atoms with E-state index in [1.807, 2.05) is 0 Å². The van der Waals surface area contributed by atoms with Gasteiger partial charge in [0, 0.05) is 17.6 Å². The lowest BCUT2D eigenvalue weighted by molar-refractivity contribution is -0.152. The third kappa shape index (κ3) is 2.30. The maximum Gasteiger partial charge on any atom is 0.338 e. The second-order valence-electron chi connectivity index (χ2n) is 6.82. The van der Waals surface area contributed by atoms with E-state index in [4.69, 9.17) is 14.2 Å². The second-order valence-corrected chi connectivity index (χ2v) is 6.82. The first-order chi connectivity index (χ1) is 11.0. The summed E-state index contributed by atoms with van der Waals surface area (Å²) >= 11 is 0. The minimum Gasteiger partial charge on any atom is -0.458 e. The molecule has 0 amide bonds. The Morgan fingerprint density at radius 1 is 1.26 bits per heavy atom. The van der Waals surface area contributed by atoms with Crippen LogP contribution in [0.4, 0.5) is 0 Å².